The Morgan fingerprint density at radius 1 is 1.24 bits per heavy atom. The molecule has 1 amide bonds. The Morgan fingerprint density at radius 3 is 2.58 bits per heavy atom. The summed E-state index contributed by atoms with van der Waals surface area (Å²) >= 11 is 5.89. The second-order valence-corrected chi connectivity index (χ2v) is 8.67. The third-order valence-electron chi connectivity index (χ3n) is 5.33. The van der Waals surface area contributed by atoms with Crippen LogP contribution in [-0.4, -0.2) is 36.5 Å². The van der Waals surface area contributed by atoms with Gasteiger partial charge in [-0.3, -0.25) is 14.9 Å². The van der Waals surface area contributed by atoms with Crippen molar-refractivity contribution < 1.29 is 19.2 Å². The van der Waals surface area contributed by atoms with Gasteiger partial charge in [0, 0.05) is 24.2 Å². The molecular weight excluding hydrogens is 448 g/mol. The standard InChI is InChI=1S/C23H23ClN4O5/c1-14-7-15(2)12-27(11-14)20-6-4-16(8-21(20)28(31)32)23(30)33-13-22(29)26-19-9-18(24)5-3-17(19)10-25/h3-6,8-9,14-15H,7,11-13H2,1-2H3,(H,26,29)/t14-,15+. The second-order valence-electron chi connectivity index (χ2n) is 8.24. The van der Waals surface area contributed by atoms with Crippen LogP contribution in [0.15, 0.2) is 36.4 Å². The van der Waals surface area contributed by atoms with Crippen molar-refractivity contribution in [1.82, 2.24) is 0 Å². The van der Waals surface area contributed by atoms with Gasteiger partial charge in [0.25, 0.3) is 11.6 Å². The van der Waals surface area contributed by atoms with Crippen LogP contribution in [0.5, 0.6) is 0 Å². The summed E-state index contributed by atoms with van der Waals surface area (Å²) < 4.78 is 5.02. The average Bonchev–Trinajstić information content (AvgIpc) is 2.76. The van der Waals surface area contributed by atoms with E-state index in [0.717, 1.165) is 6.42 Å². The van der Waals surface area contributed by atoms with Crippen molar-refractivity contribution in [3.05, 3.63) is 62.7 Å². The quantitative estimate of drug-likeness (QED) is 0.376. The van der Waals surface area contributed by atoms with Crippen LogP contribution in [0.25, 0.3) is 0 Å². The molecule has 0 saturated carbocycles. The molecule has 0 spiro atoms. The van der Waals surface area contributed by atoms with Crippen molar-refractivity contribution in [3.8, 4) is 6.07 Å². The first-order valence-electron chi connectivity index (χ1n) is 10.4. The Bertz CT molecular complexity index is 1120. The van der Waals surface area contributed by atoms with Gasteiger partial charge in [-0.1, -0.05) is 25.4 Å². The molecule has 1 N–H and O–H groups in total. The lowest BCUT2D eigenvalue weighted by Gasteiger charge is -2.36. The van der Waals surface area contributed by atoms with Crippen LogP contribution in [0.1, 0.15) is 36.2 Å². The van der Waals surface area contributed by atoms with E-state index in [-0.39, 0.29) is 22.5 Å². The molecule has 172 valence electrons. The number of piperidine rings is 1. The van der Waals surface area contributed by atoms with E-state index in [0.29, 0.717) is 35.6 Å². The first-order chi connectivity index (χ1) is 15.7. The molecule has 1 aliphatic rings. The molecule has 33 heavy (non-hydrogen) atoms. The summed E-state index contributed by atoms with van der Waals surface area (Å²) in [7, 11) is 0. The molecule has 1 heterocycles. The molecule has 9 nitrogen and oxygen atoms in total. The maximum Gasteiger partial charge on any atom is 0.338 e. The molecule has 2 atom stereocenters. The number of nitro groups is 1. The molecule has 1 saturated heterocycles. The smallest absolute Gasteiger partial charge is 0.338 e. The summed E-state index contributed by atoms with van der Waals surface area (Å²) in [5.41, 5.74) is 0.630. The Balaban J connectivity index is 1.69. The summed E-state index contributed by atoms with van der Waals surface area (Å²) in [6.45, 7) is 4.97. The van der Waals surface area contributed by atoms with Gasteiger partial charge in [-0.15, -0.1) is 0 Å². The Morgan fingerprint density at radius 2 is 1.94 bits per heavy atom. The second kappa shape index (κ2) is 10.3. The monoisotopic (exact) mass is 470 g/mol. The zero-order chi connectivity index (χ0) is 24.1. The highest BCUT2D eigenvalue weighted by atomic mass is 35.5. The number of hydrogen-bond donors (Lipinski definition) is 1. The van der Waals surface area contributed by atoms with Crippen LogP contribution in [-0.2, 0) is 9.53 Å². The number of hydrogen-bond acceptors (Lipinski definition) is 7. The molecule has 1 fully saturated rings. The number of nitriles is 1. The molecule has 2 aromatic rings. The zero-order valence-electron chi connectivity index (χ0n) is 18.2. The number of ether oxygens (including phenoxy) is 1. The summed E-state index contributed by atoms with van der Waals surface area (Å²) in [5.74, 6) is -0.744. The average molecular weight is 471 g/mol. The summed E-state index contributed by atoms with van der Waals surface area (Å²) in [6, 6.07) is 10.5. The first kappa shape index (κ1) is 24.0. The van der Waals surface area contributed by atoms with E-state index < -0.39 is 23.4 Å². The van der Waals surface area contributed by atoms with E-state index in [2.05, 4.69) is 19.2 Å². The van der Waals surface area contributed by atoms with E-state index in [4.69, 9.17) is 21.6 Å². The van der Waals surface area contributed by atoms with Gasteiger partial charge < -0.3 is 15.0 Å². The van der Waals surface area contributed by atoms with Crippen molar-refractivity contribution in [2.24, 2.45) is 11.8 Å². The lowest BCUT2D eigenvalue weighted by atomic mass is 9.91. The van der Waals surface area contributed by atoms with E-state index in [1.165, 1.54) is 30.3 Å². The Kier molecular flexibility index (Phi) is 7.51. The van der Waals surface area contributed by atoms with E-state index >= 15 is 0 Å². The molecule has 0 unspecified atom stereocenters. The van der Waals surface area contributed by atoms with Crippen LogP contribution >= 0.6 is 11.6 Å². The minimum absolute atomic E-state index is 0.0307. The Hall–Kier alpha value is -3.64. The zero-order valence-corrected chi connectivity index (χ0v) is 19.0. The lowest BCUT2D eigenvalue weighted by molar-refractivity contribution is -0.384. The van der Waals surface area contributed by atoms with E-state index in [1.54, 1.807) is 6.07 Å². The molecule has 0 aromatic heterocycles. The maximum absolute atomic E-state index is 12.4. The molecule has 10 heteroatoms. The number of nitrogens with one attached hydrogen (secondary N) is 1. The number of anilines is 2. The number of benzene rings is 2. The van der Waals surface area contributed by atoms with Crippen LogP contribution in [0.2, 0.25) is 5.02 Å². The number of esters is 1. The summed E-state index contributed by atoms with van der Waals surface area (Å²) in [4.78, 5) is 37.7. The number of amides is 1. The van der Waals surface area contributed by atoms with Gasteiger partial charge in [-0.25, -0.2) is 4.79 Å². The van der Waals surface area contributed by atoms with Gasteiger partial charge in [-0.05, 0) is 48.6 Å². The van der Waals surface area contributed by atoms with Gasteiger partial charge in [0.2, 0.25) is 0 Å². The summed E-state index contributed by atoms with van der Waals surface area (Å²) in [5, 5.41) is 23.6. The molecule has 0 bridgehead atoms. The van der Waals surface area contributed by atoms with Gasteiger partial charge in [0.15, 0.2) is 6.61 Å². The van der Waals surface area contributed by atoms with E-state index in [1.807, 2.05) is 11.0 Å². The highest BCUT2D eigenvalue weighted by Crippen LogP contribution is 2.34. The van der Waals surface area contributed by atoms with Crippen LogP contribution in [0, 0.1) is 33.3 Å². The topological polar surface area (TPSA) is 126 Å². The van der Waals surface area contributed by atoms with Crippen molar-refractivity contribution in [2.75, 3.05) is 29.9 Å². The highest BCUT2D eigenvalue weighted by molar-refractivity contribution is 6.31. The highest BCUT2D eigenvalue weighted by Gasteiger charge is 2.28. The number of nitro benzene ring substituents is 1. The molecule has 3 rings (SSSR count). The van der Waals surface area contributed by atoms with Crippen LogP contribution in [0.3, 0.4) is 0 Å². The van der Waals surface area contributed by atoms with Crippen molar-refractivity contribution >= 4 is 40.5 Å². The van der Waals surface area contributed by atoms with Gasteiger partial charge >= 0.3 is 5.97 Å². The minimum Gasteiger partial charge on any atom is -0.452 e. The number of halogens is 1. The fraction of sp³-hybridized carbons (Fsp3) is 0.348. The third-order valence-corrected chi connectivity index (χ3v) is 5.56. The number of carbonyl (C=O) groups excluding carboxylic acids is 2. The lowest BCUT2D eigenvalue weighted by Crippen LogP contribution is -2.39. The van der Waals surface area contributed by atoms with Crippen LogP contribution in [0.4, 0.5) is 17.1 Å². The summed E-state index contributed by atoms with van der Waals surface area (Å²) in [6.07, 6.45) is 1.06. The van der Waals surface area contributed by atoms with Crippen molar-refractivity contribution in [3.63, 3.8) is 0 Å². The molecule has 0 radical (unpaired) electrons. The molecule has 0 aliphatic carbocycles. The minimum atomic E-state index is -0.869. The molecular formula is C23H23ClN4O5. The number of nitrogens with zero attached hydrogens (tertiary/aromatic N) is 3. The number of rotatable bonds is 6. The molecule has 2 aromatic carbocycles. The first-order valence-corrected chi connectivity index (χ1v) is 10.8. The predicted molar refractivity (Wildman–Crippen MR) is 123 cm³/mol. The predicted octanol–water partition coefficient (Wildman–Crippen LogP) is 4.40. The fourth-order valence-electron chi connectivity index (χ4n) is 4.04. The van der Waals surface area contributed by atoms with Gasteiger partial charge in [0.1, 0.15) is 11.8 Å². The SMILES string of the molecule is C[C@@H]1C[C@H](C)CN(c2ccc(C(=O)OCC(=O)Nc3cc(Cl)ccc3C#N)cc2[N+](=O)[O-])C1. The maximum atomic E-state index is 12.4. The van der Waals surface area contributed by atoms with E-state index in [9.17, 15) is 19.7 Å². The number of carbonyl (C=O) groups is 2. The van der Waals surface area contributed by atoms with Gasteiger partial charge in [0.05, 0.1) is 21.7 Å². The fourth-order valence-corrected chi connectivity index (χ4v) is 4.21. The third kappa shape index (κ3) is 5.99. The largest absolute Gasteiger partial charge is 0.452 e. The van der Waals surface area contributed by atoms with Crippen molar-refractivity contribution in [1.29, 1.82) is 5.26 Å². The van der Waals surface area contributed by atoms with Crippen LogP contribution < -0.4 is 10.2 Å². The Labute approximate surface area is 196 Å². The van der Waals surface area contributed by atoms with Crippen molar-refractivity contribution in [2.45, 2.75) is 20.3 Å². The normalized spacial score (nSPS) is 17.7. The van der Waals surface area contributed by atoms with Gasteiger partial charge in [-0.2, -0.15) is 5.26 Å². The molecule has 1 aliphatic heterocycles.